The molecule has 2 atom stereocenters. The SMILES string of the molecule is COc1nc(-c2cccc(-c3cccc4c3CC[C@@H]4Oc3nc(OCc4cncc(C#N)c4)c(CNC(C)(CO)C(=O)O)cc3Cl)c2Cl)ccc1CN1CC2(CCC(=O)N2)C1. The molecule has 16 heteroatoms. The van der Waals surface area contributed by atoms with E-state index in [1.54, 1.807) is 25.4 Å². The Kier molecular flexibility index (Phi) is 11.9. The summed E-state index contributed by atoms with van der Waals surface area (Å²) in [4.78, 5) is 39.7. The summed E-state index contributed by atoms with van der Waals surface area (Å²) in [6.45, 7) is 2.92. The molecule has 1 unspecified atom stereocenters. The molecular formula is C45H43Cl2N7O7. The van der Waals surface area contributed by atoms with Crippen LogP contribution in [0.3, 0.4) is 0 Å². The number of aliphatic carboxylic acids is 1. The lowest BCUT2D eigenvalue weighted by molar-refractivity contribution is -0.146. The first kappa shape index (κ1) is 41.9. The maximum Gasteiger partial charge on any atom is 0.326 e. The molecule has 3 aromatic heterocycles. The molecule has 14 nitrogen and oxygen atoms in total. The van der Waals surface area contributed by atoms with Crippen molar-refractivity contribution in [1.82, 2.24) is 30.5 Å². The molecule has 5 heterocycles. The van der Waals surface area contributed by atoms with Crippen LogP contribution in [0.4, 0.5) is 0 Å². The molecule has 8 rings (SSSR count). The number of carbonyl (C=O) groups excluding carboxylic acids is 1. The molecule has 0 radical (unpaired) electrons. The van der Waals surface area contributed by atoms with Gasteiger partial charge in [-0.05, 0) is 61.1 Å². The number of hydrogen-bond acceptors (Lipinski definition) is 12. The summed E-state index contributed by atoms with van der Waals surface area (Å²) < 4.78 is 18.4. The summed E-state index contributed by atoms with van der Waals surface area (Å²) >= 11 is 14.0. The largest absolute Gasteiger partial charge is 0.481 e. The van der Waals surface area contributed by atoms with Gasteiger partial charge in [-0.3, -0.25) is 24.8 Å². The highest BCUT2D eigenvalue weighted by Crippen LogP contribution is 2.45. The highest BCUT2D eigenvalue weighted by molar-refractivity contribution is 6.36. The standard InChI is InChI=1S/C45H43Cl2N7O7/c1-44(25-55,43(57)58)50-20-29-16-35(46)42(52-41(29)60-22-27-15-26(17-48)18-49-19-27)61-37-12-10-31-30(5-3-6-32(31)37)33-7-4-8-34(39(33)47)36-11-9-28(40(51-36)59-2)21-54-23-45(24-54)14-13-38(56)53-45/h3-9,11,15-16,18-19,37,50,55H,10,12-14,20-25H2,1-2H3,(H,53,56)(H,57,58)/t37-,44?/m0/s1. The number of halogens is 2. The second kappa shape index (κ2) is 17.3. The fourth-order valence-corrected chi connectivity index (χ4v) is 8.79. The highest BCUT2D eigenvalue weighted by atomic mass is 35.5. The lowest BCUT2D eigenvalue weighted by Gasteiger charge is -2.48. The van der Waals surface area contributed by atoms with Crippen LogP contribution in [0.1, 0.15) is 65.7 Å². The Morgan fingerprint density at radius 1 is 1.03 bits per heavy atom. The third kappa shape index (κ3) is 8.57. The van der Waals surface area contributed by atoms with Crippen molar-refractivity contribution in [2.75, 3.05) is 26.8 Å². The van der Waals surface area contributed by atoms with E-state index in [4.69, 9.17) is 42.4 Å². The minimum Gasteiger partial charge on any atom is -0.481 e. The Morgan fingerprint density at radius 3 is 2.56 bits per heavy atom. The van der Waals surface area contributed by atoms with Crippen molar-refractivity contribution < 1.29 is 34.0 Å². The van der Waals surface area contributed by atoms with Gasteiger partial charge < -0.3 is 29.7 Å². The molecule has 0 saturated carbocycles. The molecule has 4 N–H and O–H groups in total. The zero-order chi connectivity index (χ0) is 42.9. The molecule has 314 valence electrons. The maximum atomic E-state index is 11.9. The Hall–Kier alpha value is -5.82. The maximum absolute atomic E-state index is 11.9. The van der Waals surface area contributed by atoms with Gasteiger partial charge in [0, 0.05) is 72.8 Å². The Balaban J connectivity index is 1.03. The van der Waals surface area contributed by atoms with Crippen LogP contribution in [0, 0.1) is 11.3 Å². The first-order valence-electron chi connectivity index (χ1n) is 19.8. The summed E-state index contributed by atoms with van der Waals surface area (Å²) in [6, 6.07) is 21.2. The van der Waals surface area contributed by atoms with Gasteiger partial charge in [0.05, 0.1) is 35.5 Å². The van der Waals surface area contributed by atoms with E-state index in [1.165, 1.54) is 13.1 Å². The average Bonchev–Trinajstić information content (AvgIpc) is 3.86. The van der Waals surface area contributed by atoms with E-state index in [1.807, 2.05) is 48.5 Å². The normalized spacial score (nSPS) is 17.5. The van der Waals surface area contributed by atoms with Gasteiger partial charge in [0.2, 0.25) is 23.5 Å². The molecular weight excluding hydrogens is 821 g/mol. The minimum atomic E-state index is -1.64. The quantitative estimate of drug-likeness (QED) is 0.0902. The molecule has 2 aliphatic heterocycles. The van der Waals surface area contributed by atoms with E-state index in [2.05, 4.69) is 31.6 Å². The predicted molar refractivity (Wildman–Crippen MR) is 226 cm³/mol. The number of carbonyl (C=O) groups is 2. The fourth-order valence-electron chi connectivity index (χ4n) is 8.25. The molecule has 0 bridgehead atoms. The van der Waals surface area contributed by atoms with Crippen molar-refractivity contribution in [3.8, 4) is 46.1 Å². The highest BCUT2D eigenvalue weighted by Gasteiger charge is 2.47. The van der Waals surface area contributed by atoms with Gasteiger partial charge in [-0.2, -0.15) is 10.2 Å². The Morgan fingerprint density at radius 2 is 1.82 bits per heavy atom. The summed E-state index contributed by atoms with van der Waals surface area (Å²) in [6.07, 6.45) is 5.37. The molecule has 1 spiro atoms. The first-order chi connectivity index (χ1) is 29.4. The van der Waals surface area contributed by atoms with Gasteiger partial charge in [-0.25, -0.2) is 4.98 Å². The number of fused-ring (bicyclic) bond motifs is 1. The lowest BCUT2D eigenvalue weighted by Crippen LogP contribution is -2.66. The summed E-state index contributed by atoms with van der Waals surface area (Å²) in [7, 11) is 1.61. The number of likely N-dealkylation sites (tertiary alicyclic amines) is 1. The van der Waals surface area contributed by atoms with Crippen LogP contribution in [0.15, 0.2) is 73.1 Å². The average molecular weight is 865 g/mol. The van der Waals surface area contributed by atoms with Crippen LogP contribution in [0.25, 0.3) is 22.4 Å². The summed E-state index contributed by atoms with van der Waals surface area (Å²) in [5, 5.41) is 35.6. The van der Waals surface area contributed by atoms with Crippen molar-refractivity contribution in [3.05, 3.63) is 116 Å². The topological polar surface area (TPSA) is 192 Å². The van der Waals surface area contributed by atoms with Crippen molar-refractivity contribution >= 4 is 35.1 Å². The number of benzene rings is 2. The Labute approximate surface area is 362 Å². The van der Waals surface area contributed by atoms with E-state index >= 15 is 0 Å². The second-order valence-electron chi connectivity index (χ2n) is 15.9. The number of nitriles is 1. The molecule has 2 aromatic carbocycles. The number of nitrogens with one attached hydrogen (secondary N) is 2. The van der Waals surface area contributed by atoms with Crippen molar-refractivity contribution in [2.24, 2.45) is 0 Å². The zero-order valence-electron chi connectivity index (χ0n) is 33.5. The molecule has 5 aromatic rings. The number of hydrogen-bond donors (Lipinski definition) is 4. The number of carboxylic acid groups (broad SMARTS) is 1. The predicted octanol–water partition coefficient (Wildman–Crippen LogP) is 6.43. The third-order valence-electron chi connectivity index (χ3n) is 11.6. The van der Waals surface area contributed by atoms with Gasteiger partial charge in [-0.15, -0.1) is 0 Å². The summed E-state index contributed by atoms with van der Waals surface area (Å²) in [5.41, 5.74) is 5.91. The van der Waals surface area contributed by atoms with Gasteiger partial charge in [0.25, 0.3) is 0 Å². The number of ether oxygens (including phenoxy) is 3. The number of aromatic nitrogens is 3. The van der Waals surface area contributed by atoms with E-state index in [0.717, 1.165) is 52.9 Å². The molecule has 3 aliphatic rings. The van der Waals surface area contributed by atoms with Crippen LogP contribution >= 0.6 is 23.2 Å². The van der Waals surface area contributed by atoms with Gasteiger partial charge in [-0.1, -0.05) is 65.7 Å². The van der Waals surface area contributed by atoms with Gasteiger partial charge in [0.15, 0.2) is 0 Å². The van der Waals surface area contributed by atoms with Crippen molar-refractivity contribution in [1.29, 1.82) is 5.26 Å². The van der Waals surface area contributed by atoms with Crippen molar-refractivity contribution in [2.45, 2.75) is 69.5 Å². The van der Waals surface area contributed by atoms with Crippen LogP contribution in [0.5, 0.6) is 17.6 Å². The Bertz CT molecular complexity index is 2560. The second-order valence-corrected chi connectivity index (χ2v) is 16.7. The fraction of sp³-hybridized carbons (Fsp3) is 0.333. The minimum absolute atomic E-state index is 0.00281. The van der Waals surface area contributed by atoms with E-state index < -0.39 is 24.2 Å². The molecule has 1 aliphatic carbocycles. The van der Waals surface area contributed by atoms with E-state index in [-0.39, 0.29) is 41.4 Å². The van der Waals surface area contributed by atoms with E-state index in [0.29, 0.717) is 59.1 Å². The van der Waals surface area contributed by atoms with Crippen LogP contribution in [-0.4, -0.2) is 79.8 Å². The lowest BCUT2D eigenvalue weighted by atomic mass is 9.88. The molecule has 2 saturated heterocycles. The number of carboxylic acids is 1. The number of methoxy groups -OCH3 is 1. The third-order valence-corrected chi connectivity index (χ3v) is 12.3. The smallest absolute Gasteiger partial charge is 0.326 e. The molecule has 61 heavy (non-hydrogen) atoms. The van der Waals surface area contributed by atoms with Crippen molar-refractivity contribution in [3.63, 3.8) is 0 Å². The van der Waals surface area contributed by atoms with Crippen LogP contribution in [-0.2, 0) is 35.7 Å². The number of rotatable bonds is 15. The van der Waals surface area contributed by atoms with Gasteiger partial charge in [0.1, 0.15) is 29.3 Å². The first-order valence-corrected chi connectivity index (χ1v) is 20.6. The molecule has 1 amide bonds. The number of aliphatic hydroxyl groups excluding tert-OH is 1. The zero-order valence-corrected chi connectivity index (χ0v) is 35.0. The number of amides is 1. The number of aliphatic hydroxyl groups is 1. The number of pyridine rings is 3. The number of nitrogens with zero attached hydrogens (tertiary/aromatic N) is 5. The monoisotopic (exact) mass is 863 g/mol. The van der Waals surface area contributed by atoms with Crippen LogP contribution < -0.4 is 24.8 Å². The summed E-state index contributed by atoms with van der Waals surface area (Å²) in [5.74, 6) is -0.339. The van der Waals surface area contributed by atoms with Crippen LogP contribution in [0.2, 0.25) is 10.0 Å². The molecule has 2 fully saturated rings. The van der Waals surface area contributed by atoms with E-state index in [9.17, 15) is 25.1 Å². The van der Waals surface area contributed by atoms with Gasteiger partial charge >= 0.3 is 5.97 Å².